The van der Waals surface area contributed by atoms with Gasteiger partial charge in [-0.3, -0.25) is 4.79 Å². The molecule has 9 heteroatoms. The number of anilines is 1. The largest absolute Gasteiger partial charge is 0.369 e. The highest BCUT2D eigenvalue weighted by atomic mass is 32.2. The SMILES string of the molecule is Cc1c(C(=O)NC23CC4CC(CC(C4)C2)C3)sc2ncnc(NC[C@H]3CCS(=O)(=O)C3)c12. The molecule has 0 spiro atoms. The fraction of sp³-hybridized carbons (Fsp3) is 0.696. The number of rotatable bonds is 5. The lowest BCUT2D eigenvalue weighted by atomic mass is 9.53. The number of hydrogen-bond donors (Lipinski definition) is 2. The minimum atomic E-state index is -2.90. The van der Waals surface area contributed by atoms with Crippen molar-refractivity contribution < 1.29 is 13.2 Å². The topological polar surface area (TPSA) is 101 Å². The molecule has 1 amide bonds. The molecular weight excluding hydrogens is 444 g/mol. The summed E-state index contributed by atoms with van der Waals surface area (Å²) in [5.74, 6) is 3.67. The van der Waals surface area contributed by atoms with E-state index in [1.165, 1.54) is 36.9 Å². The normalized spacial score (nSPS) is 34.8. The zero-order chi connectivity index (χ0) is 22.1. The summed E-state index contributed by atoms with van der Waals surface area (Å²) in [7, 11) is -2.90. The lowest BCUT2D eigenvalue weighted by Gasteiger charge is -2.56. The maximum Gasteiger partial charge on any atom is 0.262 e. The van der Waals surface area contributed by atoms with Crippen LogP contribution in [-0.4, -0.2) is 47.9 Å². The maximum absolute atomic E-state index is 13.4. The van der Waals surface area contributed by atoms with Crippen molar-refractivity contribution in [3.05, 3.63) is 16.8 Å². The molecule has 0 radical (unpaired) electrons. The van der Waals surface area contributed by atoms with Crippen LogP contribution in [-0.2, 0) is 9.84 Å². The van der Waals surface area contributed by atoms with E-state index in [4.69, 9.17) is 0 Å². The molecule has 7 nitrogen and oxygen atoms in total. The Hall–Kier alpha value is -1.74. The van der Waals surface area contributed by atoms with Gasteiger partial charge in [0, 0.05) is 12.1 Å². The summed E-state index contributed by atoms with van der Waals surface area (Å²) in [6.45, 7) is 2.54. The Labute approximate surface area is 192 Å². The average Bonchev–Trinajstić information content (AvgIpc) is 3.24. The summed E-state index contributed by atoms with van der Waals surface area (Å²) in [6, 6.07) is 0. The second-order valence-corrected chi connectivity index (χ2v) is 14.0. The highest BCUT2D eigenvalue weighted by Crippen LogP contribution is 2.55. The molecule has 1 saturated heterocycles. The van der Waals surface area contributed by atoms with Crippen LogP contribution in [0.1, 0.15) is 60.2 Å². The summed E-state index contributed by atoms with van der Waals surface area (Å²) in [5, 5.41) is 7.71. The first-order valence-electron chi connectivity index (χ1n) is 11.8. The second kappa shape index (κ2) is 7.38. The molecule has 172 valence electrons. The number of aryl methyl sites for hydroxylation is 1. The fourth-order valence-corrected chi connectivity index (χ4v) is 10.2. The highest BCUT2D eigenvalue weighted by molar-refractivity contribution is 7.91. The predicted molar refractivity (Wildman–Crippen MR) is 126 cm³/mol. The van der Waals surface area contributed by atoms with Gasteiger partial charge in [-0.1, -0.05) is 0 Å². The van der Waals surface area contributed by atoms with Gasteiger partial charge in [-0.25, -0.2) is 18.4 Å². The number of fused-ring (bicyclic) bond motifs is 1. The van der Waals surface area contributed by atoms with Crippen molar-refractivity contribution in [2.24, 2.45) is 23.7 Å². The van der Waals surface area contributed by atoms with E-state index in [0.717, 1.165) is 57.7 Å². The van der Waals surface area contributed by atoms with Crippen LogP contribution in [0.5, 0.6) is 0 Å². The van der Waals surface area contributed by atoms with E-state index < -0.39 is 9.84 Å². The molecule has 4 saturated carbocycles. The van der Waals surface area contributed by atoms with Gasteiger partial charge in [0.25, 0.3) is 5.91 Å². The third-order valence-electron chi connectivity index (χ3n) is 8.23. The molecule has 4 bridgehead atoms. The second-order valence-electron chi connectivity index (χ2n) is 10.8. The van der Waals surface area contributed by atoms with E-state index in [1.807, 2.05) is 6.92 Å². The van der Waals surface area contributed by atoms with Crippen molar-refractivity contribution in [1.82, 2.24) is 15.3 Å². The lowest BCUT2D eigenvalue weighted by molar-refractivity contribution is -0.0166. The molecule has 1 atom stereocenters. The molecule has 5 fully saturated rings. The predicted octanol–water partition coefficient (Wildman–Crippen LogP) is 3.54. The number of carbonyl (C=O) groups is 1. The first kappa shape index (κ1) is 20.8. The molecule has 5 aliphatic rings. The molecule has 2 aromatic rings. The minimum Gasteiger partial charge on any atom is -0.369 e. The average molecular weight is 475 g/mol. The third kappa shape index (κ3) is 3.61. The molecule has 4 aliphatic carbocycles. The summed E-state index contributed by atoms with van der Waals surface area (Å²) >= 11 is 1.43. The number of amides is 1. The van der Waals surface area contributed by atoms with Crippen molar-refractivity contribution in [3.8, 4) is 0 Å². The quantitative estimate of drug-likeness (QED) is 0.687. The molecule has 7 rings (SSSR count). The number of aromatic nitrogens is 2. The lowest BCUT2D eigenvalue weighted by Crippen LogP contribution is -2.59. The van der Waals surface area contributed by atoms with Crippen LogP contribution in [0.3, 0.4) is 0 Å². The summed E-state index contributed by atoms with van der Waals surface area (Å²) < 4.78 is 23.5. The fourth-order valence-electron chi connectivity index (χ4n) is 7.26. The standard InChI is InChI=1S/C23H30N4O3S2/c1-13-18-20(24-10-14-2-3-32(29,30)11-14)25-12-26-22(18)31-19(13)21(28)27-23-7-15-4-16(8-23)6-17(5-15)9-23/h12,14-17H,2-11H2,1H3,(H,27,28)(H,24,25,26)/t14-,15?,16?,17?,23?/m1/s1. The van der Waals surface area contributed by atoms with Crippen molar-refractivity contribution in [1.29, 1.82) is 0 Å². The smallest absolute Gasteiger partial charge is 0.262 e. The van der Waals surface area contributed by atoms with Gasteiger partial charge < -0.3 is 10.6 Å². The molecule has 0 unspecified atom stereocenters. The van der Waals surface area contributed by atoms with Gasteiger partial charge in [-0.15, -0.1) is 11.3 Å². The van der Waals surface area contributed by atoms with E-state index in [9.17, 15) is 13.2 Å². The molecule has 2 N–H and O–H groups in total. The van der Waals surface area contributed by atoms with Crippen LogP contribution in [0, 0.1) is 30.6 Å². The Morgan fingerprint density at radius 2 is 1.84 bits per heavy atom. The molecule has 1 aliphatic heterocycles. The molecule has 0 aromatic carbocycles. The van der Waals surface area contributed by atoms with Crippen molar-refractivity contribution >= 4 is 43.1 Å². The number of nitrogens with zero attached hydrogens (tertiary/aromatic N) is 2. The van der Waals surface area contributed by atoms with Crippen LogP contribution >= 0.6 is 11.3 Å². The van der Waals surface area contributed by atoms with Crippen molar-refractivity contribution in [2.45, 2.75) is 57.4 Å². The molecule has 2 aromatic heterocycles. The molecular formula is C23H30N4O3S2. The van der Waals surface area contributed by atoms with E-state index in [-0.39, 0.29) is 28.9 Å². The monoisotopic (exact) mass is 474 g/mol. The zero-order valence-corrected chi connectivity index (χ0v) is 20.0. The zero-order valence-electron chi connectivity index (χ0n) is 18.4. The Balaban J connectivity index is 1.23. The number of carbonyl (C=O) groups excluding carboxylic acids is 1. The number of thiophene rings is 1. The van der Waals surface area contributed by atoms with Crippen molar-refractivity contribution in [3.63, 3.8) is 0 Å². The number of sulfone groups is 1. The van der Waals surface area contributed by atoms with Crippen LogP contribution in [0.25, 0.3) is 10.2 Å². The number of nitrogens with one attached hydrogen (secondary N) is 2. The molecule has 3 heterocycles. The maximum atomic E-state index is 13.4. The van der Waals surface area contributed by atoms with Gasteiger partial charge in [0.2, 0.25) is 0 Å². The van der Waals surface area contributed by atoms with Crippen LogP contribution in [0.4, 0.5) is 5.82 Å². The third-order valence-corrected chi connectivity index (χ3v) is 11.3. The summed E-state index contributed by atoms with van der Waals surface area (Å²) in [6.07, 6.45) is 9.65. The summed E-state index contributed by atoms with van der Waals surface area (Å²) in [4.78, 5) is 23.8. The van der Waals surface area contributed by atoms with Crippen LogP contribution in [0.2, 0.25) is 0 Å². The first-order chi connectivity index (χ1) is 15.3. The van der Waals surface area contributed by atoms with E-state index in [1.54, 1.807) is 0 Å². The minimum absolute atomic E-state index is 0.0187. The van der Waals surface area contributed by atoms with Gasteiger partial charge >= 0.3 is 0 Å². The Morgan fingerprint density at radius 3 is 2.47 bits per heavy atom. The van der Waals surface area contributed by atoms with Gasteiger partial charge in [0.1, 0.15) is 17.0 Å². The van der Waals surface area contributed by atoms with Gasteiger partial charge in [0.05, 0.1) is 21.8 Å². The summed E-state index contributed by atoms with van der Waals surface area (Å²) in [5.41, 5.74) is 0.893. The highest BCUT2D eigenvalue weighted by Gasteiger charge is 2.51. The first-order valence-corrected chi connectivity index (χ1v) is 14.4. The van der Waals surface area contributed by atoms with Crippen LogP contribution in [0.15, 0.2) is 6.33 Å². The van der Waals surface area contributed by atoms with Crippen LogP contribution < -0.4 is 10.6 Å². The number of hydrogen-bond acceptors (Lipinski definition) is 7. The Morgan fingerprint density at radius 1 is 1.16 bits per heavy atom. The van der Waals surface area contributed by atoms with E-state index in [0.29, 0.717) is 18.8 Å². The van der Waals surface area contributed by atoms with Gasteiger partial charge in [0.15, 0.2) is 9.84 Å². The van der Waals surface area contributed by atoms with Gasteiger partial charge in [-0.2, -0.15) is 0 Å². The Bertz CT molecular complexity index is 1150. The van der Waals surface area contributed by atoms with E-state index >= 15 is 0 Å². The van der Waals surface area contributed by atoms with Crippen molar-refractivity contribution in [2.75, 3.05) is 23.4 Å². The van der Waals surface area contributed by atoms with E-state index in [2.05, 4.69) is 20.6 Å². The molecule has 32 heavy (non-hydrogen) atoms. The van der Waals surface area contributed by atoms with Gasteiger partial charge in [-0.05, 0) is 81.1 Å². The Kier molecular flexibility index (Phi) is 4.81.